The Kier molecular flexibility index (Phi) is 3.49. The maximum absolute atomic E-state index is 11.1. The molecule has 1 N–H and O–H groups in total. The molecule has 0 unspecified atom stereocenters. The smallest absolute Gasteiger partial charge is 0.235 e. The summed E-state index contributed by atoms with van der Waals surface area (Å²) >= 11 is 5.42. The molecule has 2 aromatic heterocycles. The maximum Gasteiger partial charge on any atom is 0.235 e. The van der Waals surface area contributed by atoms with Crippen LogP contribution in [0.5, 0.6) is 0 Å². The molecule has 2 aromatic rings. The zero-order valence-corrected chi connectivity index (χ0v) is 10.2. The molecule has 0 atom stereocenters. The number of carbonyl (C=O) groups excluding carboxylic acids is 1. The number of alkyl halides is 1. The van der Waals surface area contributed by atoms with Crippen LogP contribution in [0.25, 0.3) is 5.82 Å². The fourth-order valence-corrected chi connectivity index (χ4v) is 1.75. The lowest BCUT2D eigenvalue weighted by Gasteiger charge is -2.07. The van der Waals surface area contributed by atoms with E-state index in [-0.39, 0.29) is 11.8 Å². The van der Waals surface area contributed by atoms with E-state index in [1.807, 2.05) is 36.1 Å². The fraction of sp³-hybridized carbons (Fsp3) is 0.273. The Labute approximate surface area is 104 Å². The highest BCUT2D eigenvalue weighted by Gasteiger charge is 2.10. The predicted octanol–water partition coefficient (Wildman–Crippen LogP) is 1.07. The Hall–Kier alpha value is -1.75. The Morgan fingerprint density at radius 2 is 2.18 bits per heavy atom. The van der Waals surface area contributed by atoms with E-state index in [0.717, 1.165) is 11.4 Å². The lowest BCUT2D eigenvalue weighted by atomic mass is 10.3. The van der Waals surface area contributed by atoms with Crippen molar-refractivity contribution in [1.82, 2.24) is 19.7 Å². The Bertz CT molecular complexity index is 504. The minimum Gasteiger partial charge on any atom is -0.351 e. The highest BCUT2D eigenvalue weighted by atomic mass is 35.5. The number of rotatable bonds is 4. The van der Waals surface area contributed by atoms with Crippen LogP contribution in [0.15, 0.2) is 30.7 Å². The van der Waals surface area contributed by atoms with Crippen molar-refractivity contribution in [3.63, 3.8) is 0 Å². The summed E-state index contributed by atoms with van der Waals surface area (Å²) < 4.78 is 3.72. The van der Waals surface area contributed by atoms with Gasteiger partial charge < -0.3 is 9.88 Å². The summed E-state index contributed by atoms with van der Waals surface area (Å²) in [6.07, 6.45) is 5.61. The van der Waals surface area contributed by atoms with Crippen molar-refractivity contribution in [2.75, 3.05) is 5.88 Å². The third-order valence-electron chi connectivity index (χ3n) is 2.43. The Morgan fingerprint density at radius 3 is 2.82 bits per heavy atom. The van der Waals surface area contributed by atoms with Crippen LogP contribution >= 0.6 is 11.6 Å². The van der Waals surface area contributed by atoms with E-state index in [1.54, 1.807) is 10.9 Å². The largest absolute Gasteiger partial charge is 0.351 e. The van der Waals surface area contributed by atoms with Gasteiger partial charge in [0.15, 0.2) is 0 Å². The summed E-state index contributed by atoms with van der Waals surface area (Å²) in [7, 11) is 1.86. The predicted molar refractivity (Wildman–Crippen MR) is 65.1 cm³/mol. The van der Waals surface area contributed by atoms with Crippen molar-refractivity contribution < 1.29 is 4.79 Å². The van der Waals surface area contributed by atoms with Crippen molar-refractivity contribution in [3.05, 3.63) is 36.3 Å². The van der Waals surface area contributed by atoms with E-state index in [2.05, 4.69) is 10.4 Å². The molecule has 0 saturated heterocycles. The zero-order chi connectivity index (χ0) is 12.3. The molecular formula is C11H13ClN4O. The van der Waals surface area contributed by atoms with E-state index in [0.29, 0.717) is 6.54 Å². The van der Waals surface area contributed by atoms with E-state index in [4.69, 9.17) is 11.6 Å². The molecule has 5 nitrogen and oxygen atoms in total. The number of hydrogen-bond acceptors (Lipinski definition) is 2. The van der Waals surface area contributed by atoms with Crippen molar-refractivity contribution in [2.45, 2.75) is 6.54 Å². The van der Waals surface area contributed by atoms with Crippen LogP contribution in [-0.2, 0) is 18.4 Å². The van der Waals surface area contributed by atoms with Gasteiger partial charge >= 0.3 is 0 Å². The lowest BCUT2D eigenvalue weighted by molar-refractivity contribution is -0.118. The first-order valence-corrected chi connectivity index (χ1v) is 5.72. The fourth-order valence-electron chi connectivity index (χ4n) is 1.65. The van der Waals surface area contributed by atoms with Gasteiger partial charge in [-0.15, -0.1) is 11.6 Å². The SMILES string of the molecule is Cn1ncc(CNC(=O)CCl)c1-n1cccc1. The molecule has 0 aliphatic rings. The summed E-state index contributed by atoms with van der Waals surface area (Å²) in [5, 5.41) is 6.91. The van der Waals surface area contributed by atoms with Gasteiger partial charge in [0, 0.05) is 31.5 Å². The molecule has 0 radical (unpaired) electrons. The summed E-state index contributed by atoms with van der Waals surface area (Å²) in [5.74, 6) is 0.720. The highest BCUT2D eigenvalue weighted by molar-refractivity contribution is 6.27. The summed E-state index contributed by atoms with van der Waals surface area (Å²) in [5.41, 5.74) is 0.946. The van der Waals surface area contributed by atoms with Crippen molar-refractivity contribution in [1.29, 1.82) is 0 Å². The molecule has 17 heavy (non-hydrogen) atoms. The van der Waals surface area contributed by atoms with E-state index < -0.39 is 0 Å². The van der Waals surface area contributed by atoms with Crippen molar-refractivity contribution >= 4 is 17.5 Å². The second-order valence-corrected chi connectivity index (χ2v) is 3.88. The van der Waals surface area contributed by atoms with Crippen molar-refractivity contribution in [2.24, 2.45) is 7.05 Å². The summed E-state index contributed by atoms with van der Waals surface area (Å²) in [6.45, 7) is 0.424. The lowest BCUT2D eigenvalue weighted by Crippen LogP contribution is -2.24. The van der Waals surface area contributed by atoms with Gasteiger partial charge in [0.2, 0.25) is 5.91 Å². The minimum absolute atomic E-state index is 0.0287. The third kappa shape index (κ3) is 2.50. The molecule has 0 saturated carbocycles. The monoisotopic (exact) mass is 252 g/mol. The average molecular weight is 253 g/mol. The number of nitrogens with zero attached hydrogens (tertiary/aromatic N) is 3. The molecule has 0 fully saturated rings. The first kappa shape index (κ1) is 11.7. The van der Waals surface area contributed by atoms with Gasteiger partial charge in [-0.25, -0.2) is 0 Å². The van der Waals surface area contributed by atoms with E-state index >= 15 is 0 Å². The van der Waals surface area contributed by atoms with Crippen LogP contribution in [0.3, 0.4) is 0 Å². The van der Waals surface area contributed by atoms with Gasteiger partial charge in [-0.2, -0.15) is 5.10 Å². The Balaban J connectivity index is 2.21. The number of amides is 1. The molecular weight excluding hydrogens is 240 g/mol. The molecule has 1 amide bonds. The van der Waals surface area contributed by atoms with Gasteiger partial charge in [-0.05, 0) is 12.1 Å². The highest BCUT2D eigenvalue weighted by Crippen LogP contribution is 2.13. The zero-order valence-electron chi connectivity index (χ0n) is 9.43. The van der Waals surface area contributed by atoms with Gasteiger partial charge in [0.1, 0.15) is 11.7 Å². The number of carbonyl (C=O) groups is 1. The first-order chi connectivity index (χ1) is 8.22. The van der Waals surface area contributed by atoms with Crippen molar-refractivity contribution in [3.8, 4) is 5.82 Å². The van der Waals surface area contributed by atoms with Crippen LogP contribution in [0.1, 0.15) is 5.56 Å². The number of aryl methyl sites for hydroxylation is 1. The van der Waals surface area contributed by atoms with Crippen LogP contribution in [0, 0.1) is 0 Å². The first-order valence-electron chi connectivity index (χ1n) is 5.19. The van der Waals surface area contributed by atoms with E-state index in [1.165, 1.54) is 0 Å². The van der Waals surface area contributed by atoms with Crippen LogP contribution < -0.4 is 5.32 Å². The summed E-state index contributed by atoms with van der Waals surface area (Å²) in [4.78, 5) is 11.1. The van der Waals surface area contributed by atoms with E-state index in [9.17, 15) is 4.79 Å². The van der Waals surface area contributed by atoms with Crippen LogP contribution in [0.4, 0.5) is 0 Å². The molecule has 0 spiro atoms. The number of aromatic nitrogens is 3. The number of hydrogen-bond donors (Lipinski definition) is 1. The standard InChI is InChI=1S/C11H13ClN4O/c1-15-11(16-4-2-3-5-16)9(8-14-15)7-13-10(17)6-12/h2-5,8H,6-7H2,1H3,(H,13,17). The molecule has 2 heterocycles. The van der Waals surface area contributed by atoms with Gasteiger partial charge in [-0.1, -0.05) is 0 Å². The van der Waals surface area contributed by atoms with Gasteiger partial charge in [-0.3, -0.25) is 9.48 Å². The third-order valence-corrected chi connectivity index (χ3v) is 2.67. The molecule has 6 heteroatoms. The molecule has 2 rings (SSSR count). The maximum atomic E-state index is 11.1. The van der Waals surface area contributed by atoms with Crippen LogP contribution in [0.2, 0.25) is 0 Å². The quantitative estimate of drug-likeness (QED) is 0.828. The van der Waals surface area contributed by atoms with Crippen LogP contribution in [-0.4, -0.2) is 26.1 Å². The number of nitrogens with one attached hydrogen (secondary N) is 1. The summed E-state index contributed by atoms with van der Waals surface area (Å²) in [6, 6.07) is 3.88. The average Bonchev–Trinajstić information content (AvgIpc) is 2.95. The topological polar surface area (TPSA) is 51.9 Å². The molecule has 0 aromatic carbocycles. The van der Waals surface area contributed by atoms with Gasteiger partial charge in [0.05, 0.1) is 6.20 Å². The van der Waals surface area contributed by atoms with Gasteiger partial charge in [0.25, 0.3) is 0 Å². The second kappa shape index (κ2) is 5.05. The molecule has 90 valence electrons. The molecule has 0 aliphatic heterocycles. The molecule has 0 bridgehead atoms. The number of halogens is 1. The second-order valence-electron chi connectivity index (χ2n) is 3.62. The Morgan fingerprint density at radius 1 is 1.47 bits per heavy atom. The molecule has 0 aliphatic carbocycles. The normalized spacial score (nSPS) is 10.5. The minimum atomic E-state index is -0.186.